The van der Waals surface area contributed by atoms with Gasteiger partial charge in [0.1, 0.15) is 29.9 Å². The fourth-order valence-electron chi connectivity index (χ4n) is 7.35. The minimum absolute atomic E-state index is 0.0791. The number of hydrogen-bond donors (Lipinski definition) is 4. The van der Waals surface area contributed by atoms with Crippen LogP contribution in [-0.2, 0) is 34.1 Å². The summed E-state index contributed by atoms with van der Waals surface area (Å²) < 4.78 is 16.5. The van der Waals surface area contributed by atoms with E-state index in [2.05, 4.69) is 16.0 Å². The summed E-state index contributed by atoms with van der Waals surface area (Å²) in [5, 5.41) is 17.9. The summed E-state index contributed by atoms with van der Waals surface area (Å²) in [6.45, 7) is 6.02. The van der Waals surface area contributed by atoms with Gasteiger partial charge in [0.05, 0.1) is 6.42 Å². The number of amides is 3. The van der Waals surface area contributed by atoms with E-state index in [0.29, 0.717) is 0 Å². The number of benzene rings is 5. The molecule has 0 fully saturated rings. The van der Waals surface area contributed by atoms with E-state index in [9.17, 15) is 29.1 Å². The summed E-state index contributed by atoms with van der Waals surface area (Å²) in [5.74, 6) is -3.59. The summed E-state index contributed by atoms with van der Waals surface area (Å²) in [6, 6.07) is 40.2. The topological polar surface area (TPSA) is 169 Å². The number of carbonyl (C=O) groups is 5. The Hall–Kier alpha value is -6.95. The number of esters is 1. The second kappa shape index (κ2) is 18.1. The molecule has 0 saturated heterocycles. The predicted octanol–water partition coefficient (Wildman–Crippen LogP) is 7.30. The van der Waals surface area contributed by atoms with Crippen LogP contribution >= 0.6 is 0 Å². The van der Waals surface area contributed by atoms with Crippen molar-refractivity contribution in [1.29, 1.82) is 0 Å². The molecule has 0 spiro atoms. The number of ether oxygens (including phenoxy) is 3. The van der Waals surface area contributed by atoms with Crippen molar-refractivity contribution in [2.45, 2.75) is 69.4 Å². The van der Waals surface area contributed by atoms with Crippen LogP contribution in [0.5, 0.6) is 0 Å². The van der Waals surface area contributed by atoms with E-state index in [1.54, 1.807) is 20.8 Å². The van der Waals surface area contributed by atoms with Gasteiger partial charge in [-0.15, -0.1) is 0 Å². The molecule has 0 heterocycles. The van der Waals surface area contributed by atoms with Gasteiger partial charge < -0.3 is 35.3 Å². The van der Waals surface area contributed by atoms with Crippen molar-refractivity contribution in [2.75, 3.05) is 6.61 Å². The molecule has 1 aliphatic carbocycles. The number of nitrogens with one attached hydrogen (secondary N) is 3. The minimum Gasteiger partial charge on any atom is -0.480 e. The molecule has 5 aromatic rings. The molecule has 6 rings (SSSR count). The number of aliphatic carboxylic acids is 1. The maximum atomic E-state index is 14.4. The molecule has 3 unspecified atom stereocenters. The molecule has 0 aliphatic heterocycles. The van der Waals surface area contributed by atoms with Crippen LogP contribution in [0.1, 0.15) is 67.9 Å². The highest BCUT2D eigenvalue weighted by atomic mass is 16.6. The third-order valence-electron chi connectivity index (χ3n) is 9.97. The van der Waals surface area contributed by atoms with Gasteiger partial charge in [0, 0.05) is 5.92 Å². The lowest BCUT2D eigenvalue weighted by Gasteiger charge is -2.37. The molecule has 3 amide bonds. The second-order valence-electron chi connectivity index (χ2n) is 15.2. The van der Waals surface area contributed by atoms with Gasteiger partial charge in [0.15, 0.2) is 6.04 Å². The molecule has 0 radical (unpaired) electrons. The molecule has 5 aromatic carbocycles. The zero-order valence-corrected chi connectivity index (χ0v) is 33.2. The molecule has 3 atom stereocenters. The average Bonchev–Trinajstić information content (AvgIpc) is 3.54. The van der Waals surface area contributed by atoms with Gasteiger partial charge in [-0.25, -0.2) is 19.2 Å². The summed E-state index contributed by atoms with van der Waals surface area (Å²) >= 11 is 0. The van der Waals surface area contributed by atoms with Crippen molar-refractivity contribution in [3.05, 3.63) is 167 Å². The molecule has 0 aromatic heterocycles. The third-order valence-corrected chi connectivity index (χ3v) is 9.97. The van der Waals surface area contributed by atoms with Gasteiger partial charge in [0.2, 0.25) is 5.91 Å². The van der Waals surface area contributed by atoms with Crippen molar-refractivity contribution in [1.82, 2.24) is 16.0 Å². The van der Waals surface area contributed by atoms with E-state index in [1.807, 2.05) is 140 Å². The first-order chi connectivity index (χ1) is 28.3. The lowest BCUT2D eigenvalue weighted by molar-refractivity contribution is -0.157. The number of fused-ring (bicyclic) bond motifs is 3. The van der Waals surface area contributed by atoms with Crippen molar-refractivity contribution in [3.63, 3.8) is 0 Å². The van der Waals surface area contributed by atoms with Crippen LogP contribution in [-0.4, -0.2) is 65.5 Å². The Morgan fingerprint density at radius 3 is 1.56 bits per heavy atom. The van der Waals surface area contributed by atoms with Crippen molar-refractivity contribution >= 4 is 30.0 Å². The van der Waals surface area contributed by atoms with Crippen LogP contribution in [0, 0.1) is 0 Å². The number of hydrogen-bond acceptors (Lipinski definition) is 8. The minimum atomic E-state index is -1.74. The van der Waals surface area contributed by atoms with E-state index < -0.39 is 65.8 Å². The van der Waals surface area contributed by atoms with Crippen LogP contribution in [0.25, 0.3) is 11.1 Å². The molecular formula is C47H47N3O9. The van der Waals surface area contributed by atoms with Gasteiger partial charge in [-0.3, -0.25) is 4.79 Å². The molecular weight excluding hydrogens is 751 g/mol. The number of carboxylic acids is 1. The zero-order chi connectivity index (χ0) is 42.2. The molecule has 12 nitrogen and oxygen atoms in total. The number of alkyl carbamates (subject to hydrolysis) is 2. The molecule has 0 saturated carbocycles. The summed E-state index contributed by atoms with van der Waals surface area (Å²) in [7, 11) is 0. The largest absolute Gasteiger partial charge is 0.480 e. The van der Waals surface area contributed by atoms with Crippen LogP contribution < -0.4 is 16.0 Å². The van der Waals surface area contributed by atoms with Crippen LogP contribution in [0.15, 0.2) is 140 Å². The summed E-state index contributed by atoms with van der Waals surface area (Å²) in [4.78, 5) is 66.9. The fourth-order valence-corrected chi connectivity index (χ4v) is 7.35. The summed E-state index contributed by atoms with van der Waals surface area (Å²) in [5.41, 5.74) is 3.97. The van der Waals surface area contributed by atoms with Crippen LogP contribution in [0.4, 0.5) is 9.59 Å². The Morgan fingerprint density at radius 2 is 1.10 bits per heavy atom. The second-order valence-corrected chi connectivity index (χ2v) is 15.2. The Morgan fingerprint density at radius 1 is 0.644 bits per heavy atom. The number of rotatable bonds is 14. The Labute approximate surface area is 342 Å². The highest BCUT2D eigenvalue weighted by Gasteiger charge is 2.40. The lowest BCUT2D eigenvalue weighted by atomic mass is 9.77. The molecule has 304 valence electrons. The van der Waals surface area contributed by atoms with Crippen LogP contribution in [0.3, 0.4) is 0 Å². The maximum Gasteiger partial charge on any atom is 0.408 e. The Bertz CT molecular complexity index is 2130. The van der Waals surface area contributed by atoms with Crippen molar-refractivity contribution in [2.24, 2.45) is 0 Å². The molecule has 12 heteroatoms. The van der Waals surface area contributed by atoms with Crippen molar-refractivity contribution < 1.29 is 43.3 Å². The monoisotopic (exact) mass is 797 g/mol. The van der Waals surface area contributed by atoms with E-state index in [-0.39, 0.29) is 12.5 Å². The smallest absolute Gasteiger partial charge is 0.408 e. The van der Waals surface area contributed by atoms with E-state index in [1.165, 1.54) is 6.92 Å². The first-order valence-electron chi connectivity index (χ1n) is 19.3. The normalized spacial score (nSPS) is 13.7. The zero-order valence-electron chi connectivity index (χ0n) is 33.2. The number of carboxylic acid groups (broad SMARTS) is 1. The fraction of sp³-hybridized carbons (Fsp3) is 0.255. The highest BCUT2D eigenvalue weighted by Crippen LogP contribution is 2.44. The van der Waals surface area contributed by atoms with E-state index >= 15 is 0 Å². The Kier molecular flexibility index (Phi) is 12.8. The van der Waals surface area contributed by atoms with Gasteiger partial charge in [-0.1, -0.05) is 140 Å². The van der Waals surface area contributed by atoms with E-state index in [0.717, 1.165) is 38.9 Å². The maximum absolute atomic E-state index is 14.4. The van der Waals surface area contributed by atoms with Gasteiger partial charge in [-0.05, 0) is 66.6 Å². The Balaban J connectivity index is 1.28. The molecule has 59 heavy (non-hydrogen) atoms. The van der Waals surface area contributed by atoms with E-state index in [4.69, 9.17) is 14.2 Å². The SMILES string of the molecule is CC(OC(=O)C(CC(=O)NC(c1ccccc1)(c1ccccc1)c1ccccc1)NC(=O)OCC1c2ccccc2-c2ccccc21)C(NC(=O)OC(C)(C)C)C(=O)O. The summed E-state index contributed by atoms with van der Waals surface area (Å²) in [6.07, 6.45) is -4.16. The first kappa shape index (κ1) is 41.7. The lowest BCUT2D eigenvalue weighted by Crippen LogP contribution is -2.54. The van der Waals surface area contributed by atoms with Gasteiger partial charge in [0.25, 0.3) is 0 Å². The third kappa shape index (κ3) is 9.78. The van der Waals surface area contributed by atoms with Gasteiger partial charge >= 0.3 is 24.1 Å². The molecule has 1 aliphatic rings. The number of carbonyl (C=O) groups excluding carboxylic acids is 4. The molecule has 0 bridgehead atoms. The standard InChI is InChI=1S/C47H47N3O9/c1-30(41(42(52)53)49-45(56)59-46(2,3)4)58-43(54)39(48-44(55)57-29-38-36-26-16-14-24-34(36)35-25-15-17-27-37(35)38)28-40(51)50-47(31-18-8-5-9-19-31,32-20-10-6-11-21-32)33-22-12-7-13-23-33/h5-27,30,38-39,41H,28-29H2,1-4H3,(H,48,55)(H,49,56)(H,50,51)(H,52,53). The average molecular weight is 798 g/mol. The first-order valence-corrected chi connectivity index (χ1v) is 19.3. The van der Waals surface area contributed by atoms with Gasteiger partial charge in [-0.2, -0.15) is 0 Å². The predicted molar refractivity (Wildman–Crippen MR) is 220 cm³/mol. The highest BCUT2D eigenvalue weighted by molar-refractivity contribution is 5.90. The quantitative estimate of drug-likeness (QED) is 0.0512. The van der Waals surface area contributed by atoms with Crippen molar-refractivity contribution in [3.8, 4) is 11.1 Å². The molecule has 4 N–H and O–H groups in total. The van der Waals surface area contributed by atoms with Crippen LogP contribution in [0.2, 0.25) is 0 Å².